The maximum atomic E-state index is 6.40. The molecule has 96 valence electrons. The Kier molecular flexibility index (Phi) is 6.13. The summed E-state index contributed by atoms with van der Waals surface area (Å²) in [5, 5.41) is 0.273. The van der Waals surface area contributed by atoms with Crippen LogP contribution < -0.4 is 0 Å². The number of hydrogen-bond acceptors (Lipinski definition) is 1. The van der Waals surface area contributed by atoms with Gasteiger partial charge in [-0.15, -0.1) is 11.6 Å². The summed E-state index contributed by atoms with van der Waals surface area (Å²) in [7, 11) is 0. The van der Waals surface area contributed by atoms with Gasteiger partial charge in [-0.05, 0) is 45.6 Å². The van der Waals surface area contributed by atoms with Gasteiger partial charge in [-0.1, -0.05) is 26.7 Å². The van der Waals surface area contributed by atoms with Gasteiger partial charge in [0, 0.05) is 17.5 Å². The summed E-state index contributed by atoms with van der Waals surface area (Å²) in [6.45, 7) is 10.4. The van der Waals surface area contributed by atoms with Gasteiger partial charge in [0.15, 0.2) is 0 Å². The van der Waals surface area contributed by atoms with Crippen molar-refractivity contribution in [2.45, 2.75) is 77.3 Å². The highest BCUT2D eigenvalue weighted by Gasteiger charge is 2.29. The number of likely N-dealkylation sites (tertiary alicyclic amines) is 1. The third-order valence-corrected chi connectivity index (χ3v) is 4.44. The third-order valence-electron chi connectivity index (χ3n) is 4.15. The van der Waals surface area contributed by atoms with E-state index in [-0.39, 0.29) is 5.38 Å². The molecule has 1 aliphatic rings. The predicted molar refractivity (Wildman–Crippen MR) is 73.2 cm³/mol. The molecule has 16 heavy (non-hydrogen) atoms. The summed E-state index contributed by atoms with van der Waals surface area (Å²) in [5.41, 5.74) is 0. The molecule has 0 radical (unpaired) electrons. The van der Waals surface area contributed by atoms with Crippen LogP contribution in [0.15, 0.2) is 0 Å². The molecule has 1 fully saturated rings. The Morgan fingerprint density at radius 1 is 1.31 bits per heavy atom. The lowest BCUT2D eigenvalue weighted by Crippen LogP contribution is -2.48. The molecule has 0 aromatic heterocycles. The van der Waals surface area contributed by atoms with Crippen LogP contribution in [0, 0.1) is 5.92 Å². The van der Waals surface area contributed by atoms with Crippen molar-refractivity contribution in [3.63, 3.8) is 0 Å². The molecular formula is C14H28ClN. The summed E-state index contributed by atoms with van der Waals surface area (Å²) in [5.74, 6) is 0.792. The van der Waals surface area contributed by atoms with Gasteiger partial charge >= 0.3 is 0 Å². The normalized spacial score (nSPS) is 28.7. The number of piperidine rings is 1. The number of nitrogens with zero attached hydrogens (tertiary/aromatic N) is 1. The molecule has 4 atom stereocenters. The maximum Gasteiger partial charge on any atom is 0.0463 e. The van der Waals surface area contributed by atoms with Crippen molar-refractivity contribution in [1.82, 2.24) is 4.90 Å². The summed E-state index contributed by atoms with van der Waals surface area (Å²) in [6.07, 6.45) is 6.61. The van der Waals surface area contributed by atoms with Crippen LogP contribution in [-0.2, 0) is 0 Å². The van der Waals surface area contributed by atoms with Crippen LogP contribution in [0.1, 0.15) is 59.8 Å². The van der Waals surface area contributed by atoms with Crippen LogP contribution in [0.3, 0.4) is 0 Å². The monoisotopic (exact) mass is 245 g/mol. The zero-order chi connectivity index (χ0) is 12.1. The van der Waals surface area contributed by atoms with Gasteiger partial charge in [-0.3, -0.25) is 4.90 Å². The molecule has 2 heteroatoms. The highest BCUT2D eigenvalue weighted by molar-refractivity contribution is 6.20. The van der Waals surface area contributed by atoms with E-state index >= 15 is 0 Å². The van der Waals surface area contributed by atoms with Crippen LogP contribution in [0.25, 0.3) is 0 Å². The summed E-state index contributed by atoms with van der Waals surface area (Å²) < 4.78 is 0. The fraction of sp³-hybridized carbons (Fsp3) is 1.00. The van der Waals surface area contributed by atoms with Gasteiger partial charge in [0.05, 0.1) is 0 Å². The van der Waals surface area contributed by atoms with E-state index in [1.54, 1.807) is 0 Å². The largest absolute Gasteiger partial charge is 0.296 e. The first-order chi connectivity index (χ1) is 7.56. The smallest absolute Gasteiger partial charge is 0.0463 e. The zero-order valence-electron chi connectivity index (χ0n) is 11.4. The summed E-state index contributed by atoms with van der Waals surface area (Å²) >= 11 is 6.40. The maximum absolute atomic E-state index is 6.40. The van der Waals surface area contributed by atoms with Crippen LogP contribution in [0.4, 0.5) is 0 Å². The number of halogens is 1. The van der Waals surface area contributed by atoms with E-state index in [9.17, 15) is 0 Å². The summed E-state index contributed by atoms with van der Waals surface area (Å²) in [6, 6.07) is 1.30. The fourth-order valence-electron chi connectivity index (χ4n) is 2.78. The van der Waals surface area contributed by atoms with Gasteiger partial charge in [0.25, 0.3) is 0 Å². The van der Waals surface area contributed by atoms with Gasteiger partial charge in [-0.25, -0.2) is 0 Å². The van der Waals surface area contributed by atoms with E-state index in [4.69, 9.17) is 11.6 Å². The Hall–Kier alpha value is 0.250. The van der Waals surface area contributed by atoms with E-state index in [2.05, 4.69) is 32.6 Å². The predicted octanol–water partition coefficient (Wildman–Crippen LogP) is 4.29. The molecule has 1 rings (SSSR count). The van der Waals surface area contributed by atoms with E-state index < -0.39 is 0 Å². The second-order valence-corrected chi connectivity index (χ2v) is 6.27. The quantitative estimate of drug-likeness (QED) is 0.653. The van der Waals surface area contributed by atoms with Crippen molar-refractivity contribution in [2.24, 2.45) is 5.92 Å². The lowest BCUT2D eigenvalue weighted by molar-refractivity contribution is 0.0895. The Morgan fingerprint density at radius 2 is 2.00 bits per heavy atom. The van der Waals surface area contributed by atoms with Gasteiger partial charge < -0.3 is 0 Å². The average molecular weight is 246 g/mol. The molecule has 0 N–H and O–H groups in total. The first kappa shape index (κ1) is 14.3. The zero-order valence-corrected chi connectivity index (χ0v) is 12.1. The van der Waals surface area contributed by atoms with Crippen molar-refractivity contribution < 1.29 is 0 Å². The lowest BCUT2D eigenvalue weighted by atomic mass is 9.92. The average Bonchev–Trinajstić information content (AvgIpc) is 2.26. The van der Waals surface area contributed by atoms with Crippen LogP contribution >= 0.6 is 11.6 Å². The highest BCUT2D eigenvalue weighted by atomic mass is 35.5. The molecule has 0 aromatic carbocycles. The molecule has 1 heterocycles. The second kappa shape index (κ2) is 6.86. The van der Waals surface area contributed by atoms with E-state index in [0.29, 0.717) is 6.04 Å². The highest BCUT2D eigenvalue weighted by Crippen LogP contribution is 2.27. The number of rotatable bonds is 5. The minimum absolute atomic E-state index is 0.273. The first-order valence-electron chi connectivity index (χ1n) is 6.96. The van der Waals surface area contributed by atoms with E-state index in [1.807, 2.05) is 0 Å². The molecule has 0 bridgehead atoms. The van der Waals surface area contributed by atoms with Gasteiger partial charge in [0.2, 0.25) is 0 Å². The molecule has 0 spiro atoms. The Labute approximate surface area is 107 Å². The molecular weight excluding hydrogens is 218 g/mol. The van der Waals surface area contributed by atoms with Crippen LogP contribution in [-0.4, -0.2) is 28.9 Å². The number of alkyl halides is 1. The molecule has 0 amide bonds. The standard InChI is InChI=1S/C14H28ClN/c1-5-11(2)10-14(13(4)15)16-9-7-6-8-12(16)3/h11-14H,5-10H2,1-4H3/t11?,12-,13-,14+/m0/s1. The topological polar surface area (TPSA) is 3.24 Å². The van der Waals surface area contributed by atoms with Crippen LogP contribution in [0.5, 0.6) is 0 Å². The van der Waals surface area contributed by atoms with Crippen molar-refractivity contribution in [3.8, 4) is 0 Å². The van der Waals surface area contributed by atoms with Gasteiger partial charge in [-0.2, -0.15) is 0 Å². The summed E-state index contributed by atoms with van der Waals surface area (Å²) in [4.78, 5) is 2.66. The molecule has 1 aliphatic heterocycles. The molecule has 1 saturated heterocycles. The molecule has 0 aliphatic carbocycles. The minimum Gasteiger partial charge on any atom is -0.296 e. The molecule has 0 aromatic rings. The Bertz CT molecular complexity index is 193. The minimum atomic E-state index is 0.273. The van der Waals surface area contributed by atoms with E-state index in [1.165, 1.54) is 38.6 Å². The van der Waals surface area contributed by atoms with Crippen molar-refractivity contribution in [2.75, 3.05) is 6.54 Å². The van der Waals surface area contributed by atoms with Crippen molar-refractivity contribution >= 4 is 11.6 Å². The van der Waals surface area contributed by atoms with Crippen molar-refractivity contribution in [1.29, 1.82) is 0 Å². The first-order valence-corrected chi connectivity index (χ1v) is 7.39. The SMILES string of the molecule is CCC(C)C[C@H]([C@H](C)Cl)N1CCCC[C@@H]1C. The Balaban J connectivity index is 2.60. The Morgan fingerprint density at radius 3 is 2.50 bits per heavy atom. The molecule has 0 saturated carbocycles. The second-order valence-electron chi connectivity index (χ2n) is 5.58. The molecule has 1 unspecified atom stereocenters. The van der Waals surface area contributed by atoms with E-state index in [0.717, 1.165) is 12.0 Å². The lowest BCUT2D eigenvalue weighted by Gasteiger charge is -2.42. The van der Waals surface area contributed by atoms with Gasteiger partial charge in [0.1, 0.15) is 0 Å². The number of hydrogen-bond donors (Lipinski definition) is 0. The fourth-order valence-corrected chi connectivity index (χ4v) is 3.03. The molecule has 1 nitrogen and oxygen atoms in total. The van der Waals surface area contributed by atoms with Crippen LogP contribution in [0.2, 0.25) is 0 Å². The third kappa shape index (κ3) is 3.92. The van der Waals surface area contributed by atoms with Crippen molar-refractivity contribution in [3.05, 3.63) is 0 Å².